The van der Waals surface area contributed by atoms with E-state index in [1.165, 1.54) is 5.56 Å². The van der Waals surface area contributed by atoms with Gasteiger partial charge in [0.05, 0.1) is 0 Å². The van der Waals surface area contributed by atoms with E-state index in [4.69, 9.17) is 5.11 Å². The summed E-state index contributed by atoms with van der Waals surface area (Å²) >= 11 is 0. The highest BCUT2D eigenvalue weighted by molar-refractivity contribution is 5.85. The zero-order valence-electron chi connectivity index (χ0n) is 8.82. The Balaban J connectivity index is 2.62. The molecule has 0 saturated heterocycles. The molecule has 0 unspecified atom stereocenters. The maximum atomic E-state index is 10.7. The van der Waals surface area contributed by atoms with Crippen LogP contribution >= 0.6 is 0 Å². The monoisotopic (exact) mass is 203 g/mol. The van der Waals surface area contributed by atoms with Crippen LogP contribution in [0.25, 0.3) is 10.9 Å². The minimum atomic E-state index is -0.813. The van der Waals surface area contributed by atoms with Crippen molar-refractivity contribution in [3.8, 4) is 0 Å². The lowest BCUT2D eigenvalue weighted by molar-refractivity contribution is -0.137. The van der Waals surface area contributed by atoms with Gasteiger partial charge in [-0.15, -0.1) is 0 Å². The van der Waals surface area contributed by atoms with Gasteiger partial charge in [-0.1, -0.05) is 11.6 Å². The maximum Gasteiger partial charge on any atom is 0.323 e. The highest BCUT2D eigenvalue weighted by Crippen LogP contribution is 2.21. The van der Waals surface area contributed by atoms with E-state index in [1.54, 1.807) is 4.57 Å². The number of aromatic nitrogens is 1. The molecule has 15 heavy (non-hydrogen) atoms. The Morgan fingerprint density at radius 3 is 2.80 bits per heavy atom. The second kappa shape index (κ2) is 3.42. The third-order valence-electron chi connectivity index (χ3n) is 2.54. The predicted molar refractivity (Wildman–Crippen MR) is 59.0 cm³/mol. The highest BCUT2D eigenvalue weighted by atomic mass is 16.4. The Labute approximate surface area is 87.9 Å². The molecule has 0 fully saturated rings. The number of carboxylic acid groups (broad SMARTS) is 1. The van der Waals surface area contributed by atoms with Crippen LogP contribution in [0, 0.1) is 13.8 Å². The molecule has 2 aromatic rings. The van der Waals surface area contributed by atoms with Crippen molar-refractivity contribution in [1.29, 1.82) is 0 Å². The van der Waals surface area contributed by atoms with Gasteiger partial charge >= 0.3 is 5.97 Å². The van der Waals surface area contributed by atoms with Crippen molar-refractivity contribution in [3.63, 3.8) is 0 Å². The van der Waals surface area contributed by atoms with Crippen LogP contribution in [0.2, 0.25) is 0 Å². The number of hydrogen-bond donors (Lipinski definition) is 1. The molecule has 78 valence electrons. The van der Waals surface area contributed by atoms with Crippen molar-refractivity contribution >= 4 is 16.9 Å². The van der Waals surface area contributed by atoms with Gasteiger partial charge in [0, 0.05) is 17.1 Å². The van der Waals surface area contributed by atoms with Crippen molar-refractivity contribution < 1.29 is 9.90 Å². The molecular weight excluding hydrogens is 190 g/mol. The summed E-state index contributed by atoms with van der Waals surface area (Å²) in [4.78, 5) is 10.7. The van der Waals surface area contributed by atoms with E-state index in [0.29, 0.717) is 0 Å². The predicted octanol–water partition coefficient (Wildman–Crippen LogP) is 2.34. The number of benzene rings is 1. The van der Waals surface area contributed by atoms with Gasteiger partial charge in [0.25, 0.3) is 0 Å². The standard InChI is InChI=1S/C12H13NO2/c1-8-3-4-11-10(5-8)9(2)6-13(11)7-12(14)15/h3-6H,7H2,1-2H3,(H,14,15). The fourth-order valence-corrected chi connectivity index (χ4v) is 1.87. The van der Waals surface area contributed by atoms with E-state index in [9.17, 15) is 4.79 Å². The van der Waals surface area contributed by atoms with Crippen molar-refractivity contribution in [2.45, 2.75) is 20.4 Å². The van der Waals surface area contributed by atoms with Gasteiger partial charge < -0.3 is 9.67 Å². The molecule has 1 aromatic heterocycles. The molecule has 0 spiro atoms. The molecule has 1 aromatic carbocycles. The fourth-order valence-electron chi connectivity index (χ4n) is 1.87. The van der Waals surface area contributed by atoms with Gasteiger partial charge in [-0.3, -0.25) is 4.79 Å². The average Bonchev–Trinajstić information content (AvgIpc) is 2.42. The fraction of sp³-hybridized carbons (Fsp3) is 0.250. The molecule has 1 N–H and O–H groups in total. The van der Waals surface area contributed by atoms with E-state index in [2.05, 4.69) is 6.07 Å². The van der Waals surface area contributed by atoms with Crippen LogP contribution in [0.1, 0.15) is 11.1 Å². The minimum Gasteiger partial charge on any atom is -0.480 e. The number of fused-ring (bicyclic) bond motifs is 1. The molecule has 0 aliphatic heterocycles. The van der Waals surface area contributed by atoms with Gasteiger partial charge in [0.15, 0.2) is 0 Å². The summed E-state index contributed by atoms with van der Waals surface area (Å²) in [6.07, 6.45) is 1.89. The smallest absolute Gasteiger partial charge is 0.323 e. The lowest BCUT2D eigenvalue weighted by atomic mass is 10.1. The Kier molecular flexibility index (Phi) is 2.23. The Hall–Kier alpha value is -1.77. The van der Waals surface area contributed by atoms with Gasteiger partial charge in [0.2, 0.25) is 0 Å². The van der Waals surface area contributed by atoms with Crippen molar-refractivity contribution in [2.75, 3.05) is 0 Å². The van der Waals surface area contributed by atoms with Gasteiger partial charge in [-0.05, 0) is 31.5 Å². The molecule has 0 saturated carbocycles. The van der Waals surface area contributed by atoms with E-state index < -0.39 is 5.97 Å². The van der Waals surface area contributed by atoms with Crippen LogP contribution in [-0.4, -0.2) is 15.6 Å². The third-order valence-corrected chi connectivity index (χ3v) is 2.54. The molecule has 0 aliphatic rings. The molecule has 0 bridgehead atoms. The normalized spacial score (nSPS) is 10.8. The summed E-state index contributed by atoms with van der Waals surface area (Å²) in [6, 6.07) is 6.06. The molecule has 0 amide bonds. The number of nitrogens with zero attached hydrogens (tertiary/aromatic N) is 1. The lowest BCUT2D eigenvalue weighted by Gasteiger charge is -2.01. The van der Waals surface area contributed by atoms with E-state index in [-0.39, 0.29) is 6.54 Å². The molecule has 0 radical (unpaired) electrons. The summed E-state index contributed by atoms with van der Waals surface area (Å²) in [7, 11) is 0. The van der Waals surface area contributed by atoms with E-state index in [1.807, 2.05) is 32.2 Å². The van der Waals surface area contributed by atoms with Crippen molar-refractivity contribution in [3.05, 3.63) is 35.5 Å². The average molecular weight is 203 g/mol. The number of hydrogen-bond acceptors (Lipinski definition) is 1. The first kappa shape index (κ1) is 9.77. The summed E-state index contributed by atoms with van der Waals surface area (Å²) in [5, 5.41) is 9.90. The van der Waals surface area contributed by atoms with Crippen LogP contribution in [0.15, 0.2) is 24.4 Å². The molecule has 3 nitrogen and oxygen atoms in total. The summed E-state index contributed by atoms with van der Waals surface area (Å²) in [5.41, 5.74) is 3.30. The molecular formula is C12H13NO2. The van der Waals surface area contributed by atoms with E-state index >= 15 is 0 Å². The van der Waals surface area contributed by atoms with Gasteiger partial charge in [-0.2, -0.15) is 0 Å². The number of rotatable bonds is 2. The number of aryl methyl sites for hydroxylation is 2. The number of carboxylic acids is 1. The highest BCUT2D eigenvalue weighted by Gasteiger charge is 2.07. The SMILES string of the molecule is Cc1ccc2c(c1)c(C)cn2CC(=O)O. The first-order chi connectivity index (χ1) is 7.08. The van der Waals surface area contributed by atoms with Crippen LogP contribution in [0.3, 0.4) is 0 Å². The zero-order chi connectivity index (χ0) is 11.0. The zero-order valence-corrected chi connectivity index (χ0v) is 8.82. The second-order valence-corrected chi connectivity index (χ2v) is 3.85. The van der Waals surface area contributed by atoms with Crippen molar-refractivity contribution in [1.82, 2.24) is 4.57 Å². The quantitative estimate of drug-likeness (QED) is 0.814. The first-order valence-corrected chi connectivity index (χ1v) is 4.86. The minimum absolute atomic E-state index is 0.0212. The summed E-state index contributed by atoms with van der Waals surface area (Å²) in [5.74, 6) is -0.813. The molecule has 2 rings (SSSR count). The summed E-state index contributed by atoms with van der Waals surface area (Å²) in [6.45, 7) is 4.06. The van der Waals surface area contributed by atoms with Gasteiger partial charge in [0.1, 0.15) is 6.54 Å². The van der Waals surface area contributed by atoms with Crippen LogP contribution < -0.4 is 0 Å². The Morgan fingerprint density at radius 1 is 1.40 bits per heavy atom. The van der Waals surface area contributed by atoms with Crippen LogP contribution in [0.5, 0.6) is 0 Å². The second-order valence-electron chi connectivity index (χ2n) is 3.85. The van der Waals surface area contributed by atoms with E-state index in [0.717, 1.165) is 16.5 Å². The summed E-state index contributed by atoms with van der Waals surface area (Å²) < 4.78 is 1.77. The Morgan fingerprint density at radius 2 is 2.13 bits per heavy atom. The topological polar surface area (TPSA) is 42.2 Å². The van der Waals surface area contributed by atoms with Crippen molar-refractivity contribution in [2.24, 2.45) is 0 Å². The number of aliphatic carboxylic acids is 1. The number of carbonyl (C=O) groups is 1. The lowest BCUT2D eigenvalue weighted by Crippen LogP contribution is -2.07. The Bertz CT molecular complexity index is 526. The van der Waals surface area contributed by atoms with Crippen LogP contribution in [0.4, 0.5) is 0 Å². The maximum absolute atomic E-state index is 10.7. The third kappa shape index (κ3) is 1.73. The largest absolute Gasteiger partial charge is 0.480 e. The van der Waals surface area contributed by atoms with Crippen LogP contribution in [-0.2, 0) is 11.3 Å². The first-order valence-electron chi connectivity index (χ1n) is 4.86. The molecule has 0 atom stereocenters. The molecule has 1 heterocycles. The van der Waals surface area contributed by atoms with Gasteiger partial charge in [-0.25, -0.2) is 0 Å². The molecule has 0 aliphatic carbocycles. The molecule has 3 heteroatoms.